The van der Waals surface area contributed by atoms with Gasteiger partial charge in [-0.1, -0.05) is 12.8 Å². The van der Waals surface area contributed by atoms with E-state index in [1.165, 1.54) is 4.90 Å². The summed E-state index contributed by atoms with van der Waals surface area (Å²) in [5, 5.41) is 9.35. The predicted octanol–water partition coefficient (Wildman–Crippen LogP) is 2.22. The molecular weight excluding hydrogens is 268 g/mol. The molecule has 0 aromatic heterocycles. The molecule has 0 spiro atoms. The van der Waals surface area contributed by atoms with E-state index in [0.29, 0.717) is 18.5 Å². The third-order valence-corrected chi connectivity index (χ3v) is 3.93. The quantitative estimate of drug-likeness (QED) is 0.927. The van der Waals surface area contributed by atoms with Crippen LogP contribution in [0.5, 0.6) is 0 Å². The Bertz CT molecular complexity index is 511. The summed E-state index contributed by atoms with van der Waals surface area (Å²) in [6.45, 7) is 0.519. The van der Waals surface area contributed by atoms with Crippen LogP contribution >= 0.6 is 0 Å². The molecule has 2 rings (SSSR count). The highest BCUT2D eigenvalue weighted by atomic mass is 16.4. The summed E-state index contributed by atoms with van der Waals surface area (Å²) >= 11 is 0. The molecule has 5 nitrogen and oxygen atoms in total. The molecule has 1 aliphatic heterocycles. The maximum atomic E-state index is 12.6. The van der Waals surface area contributed by atoms with E-state index in [1.54, 1.807) is 12.1 Å². The fourth-order valence-corrected chi connectivity index (χ4v) is 2.68. The van der Waals surface area contributed by atoms with E-state index < -0.39 is 12.0 Å². The summed E-state index contributed by atoms with van der Waals surface area (Å²) in [5.74, 6) is -1.09. The lowest BCUT2D eigenvalue weighted by Crippen LogP contribution is -2.44. The van der Waals surface area contributed by atoms with Gasteiger partial charge in [0, 0.05) is 31.9 Å². The lowest BCUT2D eigenvalue weighted by Gasteiger charge is -2.27. The molecule has 0 aliphatic carbocycles. The number of amides is 1. The second-order valence-electron chi connectivity index (χ2n) is 5.64. The summed E-state index contributed by atoms with van der Waals surface area (Å²) < 4.78 is 0. The highest BCUT2D eigenvalue weighted by molar-refractivity contribution is 5.97. The number of anilines is 1. The molecule has 1 saturated heterocycles. The van der Waals surface area contributed by atoms with Gasteiger partial charge >= 0.3 is 5.97 Å². The number of likely N-dealkylation sites (tertiary alicyclic amines) is 1. The van der Waals surface area contributed by atoms with E-state index in [0.717, 1.165) is 24.9 Å². The second-order valence-corrected chi connectivity index (χ2v) is 5.64. The summed E-state index contributed by atoms with van der Waals surface area (Å²) in [4.78, 5) is 27.5. The Kier molecular flexibility index (Phi) is 4.83. The zero-order valence-electron chi connectivity index (χ0n) is 12.6. The van der Waals surface area contributed by atoms with Crippen molar-refractivity contribution in [1.82, 2.24) is 4.90 Å². The van der Waals surface area contributed by atoms with Crippen molar-refractivity contribution < 1.29 is 14.7 Å². The first kappa shape index (κ1) is 15.4. The molecule has 0 bridgehead atoms. The predicted molar refractivity (Wildman–Crippen MR) is 81.7 cm³/mol. The van der Waals surface area contributed by atoms with Crippen molar-refractivity contribution >= 4 is 17.6 Å². The standard InChI is InChI=1S/C16H22N2O3/c1-17(2)13-9-7-12(8-10-13)15(19)18-11-5-3-4-6-14(18)16(20)21/h7-10,14H,3-6,11H2,1-2H3,(H,20,21). The highest BCUT2D eigenvalue weighted by Crippen LogP contribution is 2.21. The highest BCUT2D eigenvalue weighted by Gasteiger charge is 2.31. The van der Waals surface area contributed by atoms with Crippen LogP contribution in [0.25, 0.3) is 0 Å². The third-order valence-electron chi connectivity index (χ3n) is 3.93. The topological polar surface area (TPSA) is 60.9 Å². The molecule has 1 atom stereocenters. The second kappa shape index (κ2) is 6.61. The molecule has 1 N–H and O–H groups in total. The number of hydrogen-bond acceptors (Lipinski definition) is 3. The van der Waals surface area contributed by atoms with E-state index in [2.05, 4.69) is 0 Å². The van der Waals surface area contributed by atoms with Gasteiger partial charge in [-0.15, -0.1) is 0 Å². The Hall–Kier alpha value is -2.04. The normalized spacial score (nSPS) is 19.0. The molecule has 1 aromatic rings. The van der Waals surface area contributed by atoms with Crippen LogP contribution in [-0.4, -0.2) is 48.6 Å². The number of carboxylic acid groups (broad SMARTS) is 1. The van der Waals surface area contributed by atoms with Crippen LogP contribution in [0.1, 0.15) is 36.0 Å². The molecule has 0 saturated carbocycles. The number of hydrogen-bond donors (Lipinski definition) is 1. The molecule has 0 radical (unpaired) electrons. The molecule has 1 unspecified atom stereocenters. The molecule has 1 aliphatic rings. The number of rotatable bonds is 3. The minimum Gasteiger partial charge on any atom is -0.480 e. The summed E-state index contributed by atoms with van der Waals surface area (Å²) in [6.07, 6.45) is 3.25. The smallest absolute Gasteiger partial charge is 0.326 e. The zero-order chi connectivity index (χ0) is 15.4. The number of nitrogens with zero attached hydrogens (tertiary/aromatic N) is 2. The Labute approximate surface area is 125 Å². The van der Waals surface area contributed by atoms with Crippen LogP contribution in [0.4, 0.5) is 5.69 Å². The zero-order valence-corrected chi connectivity index (χ0v) is 12.6. The van der Waals surface area contributed by atoms with Crippen molar-refractivity contribution in [3.8, 4) is 0 Å². The Morgan fingerprint density at radius 3 is 2.38 bits per heavy atom. The first-order chi connectivity index (χ1) is 10.0. The van der Waals surface area contributed by atoms with Crippen LogP contribution in [0.15, 0.2) is 24.3 Å². The lowest BCUT2D eigenvalue weighted by molar-refractivity contribution is -0.142. The van der Waals surface area contributed by atoms with E-state index in [4.69, 9.17) is 0 Å². The van der Waals surface area contributed by atoms with Gasteiger partial charge in [0.15, 0.2) is 0 Å². The summed E-state index contributed by atoms with van der Waals surface area (Å²) in [5.41, 5.74) is 1.56. The van der Waals surface area contributed by atoms with Crippen LogP contribution < -0.4 is 4.90 Å². The number of benzene rings is 1. The fourth-order valence-electron chi connectivity index (χ4n) is 2.68. The monoisotopic (exact) mass is 290 g/mol. The minimum absolute atomic E-state index is 0.186. The molecule has 114 valence electrons. The molecule has 1 heterocycles. The fraction of sp³-hybridized carbons (Fsp3) is 0.500. The van der Waals surface area contributed by atoms with Crippen molar-refractivity contribution in [2.45, 2.75) is 31.7 Å². The van der Waals surface area contributed by atoms with E-state index in [9.17, 15) is 14.7 Å². The van der Waals surface area contributed by atoms with Gasteiger partial charge < -0.3 is 14.9 Å². The van der Waals surface area contributed by atoms with Gasteiger partial charge in [-0.25, -0.2) is 4.79 Å². The van der Waals surface area contributed by atoms with Crippen LogP contribution in [-0.2, 0) is 4.79 Å². The Morgan fingerprint density at radius 2 is 1.81 bits per heavy atom. The minimum atomic E-state index is -0.907. The van der Waals surface area contributed by atoms with E-state index >= 15 is 0 Å². The van der Waals surface area contributed by atoms with Gasteiger partial charge in [-0.3, -0.25) is 4.79 Å². The first-order valence-corrected chi connectivity index (χ1v) is 7.32. The molecule has 1 aromatic carbocycles. The van der Waals surface area contributed by atoms with Crippen LogP contribution in [0.3, 0.4) is 0 Å². The number of carboxylic acids is 1. The van der Waals surface area contributed by atoms with Crippen molar-refractivity contribution in [2.24, 2.45) is 0 Å². The Morgan fingerprint density at radius 1 is 1.14 bits per heavy atom. The van der Waals surface area contributed by atoms with Gasteiger partial charge in [0.05, 0.1) is 0 Å². The lowest BCUT2D eigenvalue weighted by atomic mass is 10.1. The Balaban J connectivity index is 2.21. The van der Waals surface area contributed by atoms with Crippen molar-refractivity contribution in [3.63, 3.8) is 0 Å². The van der Waals surface area contributed by atoms with Crippen molar-refractivity contribution in [1.29, 1.82) is 0 Å². The summed E-state index contributed by atoms with van der Waals surface area (Å²) in [6, 6.07) is 6.58. The van der Waals surface area contributed by atoms with E-state index in [1.807, 2.05) is 31.1 Å². The first-order valence-electron chi connectivity index (χ1n) is 7.32. The maximum Gasteiger partial charge on any atom is 0.326 e. The average Bonchev–Trinajstić information content (AvgIpc) is 2.72. The molecule has 1 fully saturated rings. The van der Waals surface area contributed by atoms with E-state index in [-0.39, 0.29) is 5.91 Å². The largest absolute Gasteiger partial charge is 0.480 e. The summed E-state index contributed by atoms with van der Waals surface area (Å²) in [7, 11) is 3.87. The average molecular weight is 290 g/mol. The van der Waals surface area contributed by atoms with Gasteiger partial charge in [0.25, 0.3) is 5.91 Å². The van der Waals surface area contributed by atoms with Crippen LogP contribution in [0.2, 0.25) is 0 Å². The van der Waals surface area contributed by atoms with Gasteiger partial charge in [0.2, 0.25) is 0 Å². The third kappa shape index (κ3) is 3.54. The number of aliphatic carboxylic acids is 1. The number of carbonyl (C=O) groups excluding carboxylic acids is 1. The molecule has 5 heteroatoms. The van der Waals surface area contributed by atoms with Crippen molar-refractivity contribution in [2.75, 3.05) is 25.5 Å². The maximum absolute atomic E-state index is 12.6. The number of carbonyl (C=O) groups is 2. The molecule has 21 heavy (non-hydrogen) atoms. The van der Waals surface area contributed by atoms with Crippen LogP contribution in [0, 0.1) is 0 Å². The molecule has 1 amide bonds. The van der Waals surface area contributed by atoms with Gasteiger partial charge in [-0.05, 0) is 37.1 Å². The molecular formula is C16H22N2O3. The van der Waals surface area contributed by atoms with Gasteiger partial charge in [0.1, 0.15) is 6.04 Å². The van der Waals surface area contributed by atoms with Gasteiger partial charge in [-0.2, -0.15) is 0 Å². The SMILES string of the molecule is CN(C)c1ccc(C(=O)N2CCCCCC2C(=O)O)cc1. The van der Waals surface area contributed by atoms with Crippen molar-refractivity contribution in [3.05, 3.63) is 29.8 Å².